The summed E-state index contributed by atoms with van der Waals surface area (Å²) in [5.41, 5.74) is 2.87. The number of fused-ring (bicyclic) bond motifs is 1. The summed E-state index contributed by atoms with van der Waals surface area (Å²) >= 11 is 0. The number of hydrazine groups is 1. The molecular weight excluding hydrogens is 208 g/mol. The van der Waals surface area contributed by atoms with E-state index < -0.39 is 6.10 Å². The first-order valence-corrected chi connectivity index (χ1v) is 4.55. The molecule has 0 aliphatic carbocycles. The van der Waals surface area contributed by atoms with Gasteiger partial charge in [-0.25, -0.2) is 5.84 Å². The largest absolute Gasteiger partial charge is 0.461 e. The van der Waals surface area contributed by atoms with E-state index in [1.165, 1.54) is 0 Å². The third-order valence-electron chi connectivity index (χ3n) is 1.93. The molecule has 0 saturated carbocycles. The van der Waals surface area contributed by atoms with Crippen LogP contribution in [0.25, 0.3) is 11.0 Å². The number of nitrogen functional groups attached to an aromatic ring is 1. The molecule has 0 aromatic carbocycles. The van der Waals surface area contributed by atoms with Crippen molar-refractivity contribution in [3.63, 3.8) is 0 Å². The van der Waals surface area contributed by atoms with E-state index in [2.05, 4.69) is 31.5 Å². The molecule has 0 aliphatic rings. The molecule has 7 nitrogen and oxygen atoms in total. The number of hydrogen-bond donors (Lipinski definition) is 3. The number of ether oxygens (including phenoxy) is 1. The Morgan fingerprint density at radius 2 is 2.44 bits per heavy atom. The number of H-pyrrole nitrogens is 1. The number of aromatic amines is 1. The van der Waals surface area contributed by atoms with Crippen molar-refractivity contribution < 1.29 is 4.74 Å². The van der Waals surface area contributed by atoms with Gasteiger partial charge in [0.25, 0.3) is 0 Å². The molecule has 4 N–H and O–H groups in total. The molecule has 7 heteroatoms. The Morgan fingerprint density at radius 3 is 3.12 bits per heavy atom. The van der Waals surface area contributed by atoms with E-state index in [-0.39, 0.29) is 5.95 Å². The number of terminal acetylenes is 1. The van der Waals surface area contributed by atoms with E-state index in [0.29, 0.717) is 16.9 Å². The monoisotopic (exact) mass is 218 g/mol. The third kappa shape index (κ3) is 1.74. The Labute approximate surface area is 91.4 Å². The number of nitrogens with zero attached hydrogens (tertiary/aromatic N) is 3. The fraction of sp³-hybridized carbons (Fsp3) is 0.222. The molecule has 0 amide bonds. The van der Waals surface area contributed by atoms with Crippen molar-refractivity contribution >= 4 is 17.0 Å². The van der Waals surface area contributed by atoms with Gasteiger partial charge in [0.05, 0.1) is 6.20 Å². The van der Waals surface area contributed by atoms with Gasteiger partial charge in [-0.1, -0.05) is 5.92 Å². The predicted octanol–water partition coefficient (Wildman–Crippen LogP) is 0.0390. The summed E-state index contributed by atoms with van der Waals surface area (Å²) in [7, 11) is 0. The minimum absolute atomic E-state index is 0.232. The second-order valence-electron chi connectivity index (χ2n) is 3.06. The molecule has 2 heterocycles. The van der Waals surface area contributed by atoms with Crippen LogP contribution >= 0.6 is 0 Å². The maximum Gasteiger partial charge on any atom is 0.242 e. The van der Waals surface area contributed by atoms with Crippen LogP contribution in [0.1, 0.15) is 6.92 Å². The molecule has 2 aromatic rings. The Hall–Kier alpha value is -2.33. The number of aromatic nitrogens is 4. The van der Waals surface area contributed by atoms with Gasteiger partial charge >= 0.3 is 0 Å². The Kier molecular flexibility index (Phi) is 2.57. The molecule has 0 radical (unpaired) electrons. The summed E-state index contributed by atoms with van der Waals surface area (Å²) in [6, 6.07) is 0. The van der Waals surface area contributed by atoms with Gasteiger partial charge in [-0.3, -0.25) is 10.5 Å². The van der Waals surface area contributed by atoms with Crippen LogP contribution in [0.2, 0.25) is 0 Å². The molecule has 0 spiro atoms. The van der Waals surface area contributed by atoms with Crippen LogP contribution < -0.4 is 16.0 Å². The average molecular weight is 218 g/mol. The van der Waals surface area contributed by atoms with Crippen LogP contribution in [-0.4, -0.2) is 26.3 Å². The predicted molar refractivity (Wildman–Crippen MR) is 58.4 cm³/mol. The first-order chi connectivity index (χ1) is 7.74. The van der Waals surface area contributed by atoms with Crippen LogP contribution in [0.4, 0.5) is 5.95 Å². The molecule has 2 aromatic heterocycles. The SMILES string of the molecule is C#CC(C)Oc1nc(NN)nc2[nH]ncc12. The summed E-state index contributed by atoms with van der Waals surface area (Å²) in [5.74, 6) is 8.26. The molecule has 0 fully saturated rings. The Morgan fingerprint density at radius 1 is 1.62 bits per heavy atom. The quantitative estimate of drug-likeness (QED) is 0.382. The topological polar surface area (TPSA) is 102 Å². The van der Waals surface area contributed by atoms with E-state index in [9.17, 15) is 0 Å². The zero-order valence-electron chi connectivity index (χ0n) is 8.56. The van der Waals surface area contributed by atoms with E-state index in [1.54, 1.807) is 13.1 Å². The highest BCUT2D eigenvalue weighted by atomic mass is 16.5. The number of hydrogen-bond acceptors (Lipinski definition) is 6. The highest BCUT2D eigenvalue weighted by Gasteiger charge is 2.11. The molecule has 0 saturated heterocycles. The van der Waals surface area contributed by atoms with Gasteiger partial charge in [-0.15, -0.1) is 6.42 Å². The lowest BCUT2D eigenvalue weighted by molar-refractivity contribution is 0.272. The molecule has 16 heavy (non-hydrogen) atoms. The van der Waals surface area contributed by atoms with Crippen LogP contribution in [0.5, 0.6) is 5.88 Å². The van der Waals surface area contributed by atoms with Gasteiger partial charge in [0, 0.05) is 0 Å². The van der Waals surface area contributed by atoms with Crippen molar-refractivity contribution in [2.75, 3.05) is 5.43 Å². The van der Waals surface area contributed by atoms with Crippen LogP contribution in [0.3, 0.4) is 0 Å². The molecule has 82 valence electrons. The van der Waals surface area contributed by atoms with Crippen molar-refractivity contribution in [2.45, 2.75) is 13.0 Å². The molecule has 1 unspecified atom stereocenters. The fourth-order valence-corrected chi connectivity index (χ4v) is 1.16. The summed E-state index contributed by atoms with van der Waals surface area (Å²) < 4.78 is 5.43. The molecule has 1 atom stereocenters. The van der Waals surface area contributed by atoms with Gasteiger partial charge in [-0.05, 0) is 6.92 Å². The number of nitrogens with two attached hydrogens (primary N) is 1. The zero-order chi connectivity index (χ0) is 11.5. The standard InChI is InChI=1S/C9H10N6O/c1-3-5(2)16-8-6-4-11-15-7(6)12-9(13-8)14-10/h1,4-5H,10H2,2H3,(H2,11,12,13,14,15). The Bertz CT molecular complexity index is 542. The smallest absolute Gasteiger partial charge is 0.242 e. The van der Waals surface area contributed by atoms with Crippen LogP contribution in [-0.2, 0) is 0 Å². The molecule has 2 rings (SSSR count). The highest BCUT2D eigenvalue weighted by molar-refractivity contribution is 5.80. The van der Waals surface area contributed by atoms with E-state index >= 15 is 0 Å². The van der Waals surface area contributed by atoms with E-state index in [4.69, 9.17) is 17.0 Å². The van der Waals surface area contributed by atoms with E-state index in [0.717, 1.165) is 0 Å². The summed E-state index contributed by atoms with van der Waals surface area (Å²) in [5, 5.41) is 7.19. The van der Waals surface area contributed by atoms with Crippen LogP contribution in [0, 0.1) is 12.3 Å². The maximum atomic E-state index is 5.43. The minimum Gasteiger partial charge on any atom is -0.461 e. The van der Waals surface area contributed by atoms with E-state index in [1.807, 2.05) is 0 Å². The van der Waals surface area contributed by atoms with Crippen molar-refractivity contribution in [2.24, 2.45) is 5.84 Å². The van der Waals surface area contributed by atoms with Gasteiger partial charge < -0.3 is 4.74 Å². The van der Waals surface area contributed by atoms with Gasteiger partial charge in [-0.2, -0.15) is 15.1 Å². The minimum atomic E-state index is -0.390. The average Bonchev–Trinajstić information content (AvgIpc) is 2.76. The molecule has 0 aliphatic heterocycles. The number of rotatable bonds is 3. The molecule has 0 bridgehead atoms. The number of nitrogens with one attached hydrogen (secondary N) is 2. The lowest BCUT2D eigenvalue weighted by atomic mass is 10.4. The summed E-state index contributed by atoms with van der Waals surface area (Å²) in [6.45, 7) is 1.74. The highest BCUT2D eigenvalue weighted by Crippen LogP contribution is 2.22. The van der Waals surface area contributed by atoms with Crippen molar-refractivity contribution in [1.29, 1.82) is 0 Å². The maximum absolute atomic E-state index is 5.43. The summed E-state index contributed by atoms with van der Waals surface area (Å²) in [6.07, 6.45) is 6.40. The second-order valence-corrected chi connectivity index (χ2v) is 3.06. The lowest BCUT2D eigenvalue weighted by Gasteiger charge is -2.09. The van der Waals surface area contributed by atoms with Crippen molar-refractivity contribution in [3.05, 3.63) is 6.20 Å². The number of anilines is 1. The third-order valence-corrected chi connectivity index (χ3v) is 1.93. The Balaban J connectivity index is 2.49. The lowest BCUT2D eigenvalue weighted by Crippen LogP contribution is -2.14. The van der Waals surface area contributed by atoms with Gasteiger partial charge in [0.15, 0.2) is 11.8 Å². The molecular formula is C9H10N6O. The summed E-state index contributed by atoms with van der Waals surface area (Å²) in [4.78, 5) is 8.11. The zero-order valence-corrected chi connectivity index (χ0v) is 8.56. The first-order valence-electron chi connectivity index (χ1n) is 4.55. The fourth-order valence-electron chi connectivity index (χ4n) is 1.16. The van der Waals surface area contributed by atoms with Crippen LogP contribution in [0.15, 0.2) is 6.20 Å². The normalized spacial score (nSPS) is 12.1. The first kappa shape index (κ1) is 10.2. The van der Waals surface area contributed by atoms with Gasteiger partial charge in [0.1, 0.15) is 5.39 Å². The van der Waals surface area contributed by atoms with Gasteiger partial charge in [0.2, 0.25) is 11.8 Å². The van der Waals surface area contributed by atoms with Crippen molar-refractivity contribution in [3.8, 4) is 18.2 Å². The second kappa shape index (κ2) is 4.04. The van der Waals surface area contributed by atoms with Crippen molar-refractivity contribution in [1.82, 2.24) is 20.2 Å².